The Bertz CT molecular complexity index is 951. The molecule has 0 aliphatic carbocycles. The van der Waals surface area contributed by atoms with Crippen LogP contribution in [0.15, 0.2) is 121 Å². The van der Waals surface area contributed by atoms with E-state index in [1.54, 1.807) is 0 Å². The van der Waals surface area contributed by atoms with E-state index in [0.717, 1.165) is 25.7 Å². The first kappa shape index (κ1) is 29.4. The van der Waals surface area contributed by atoms with Crippen LogP contribution in [0.3, 0.4) is 0 Å². The summed E-state index contributed by atoms with van der Waals surface area (Å²) in [4.78, 5) is 0. The van der Waals surface area contributed by atoms with Crippen LogP contribution in [-0.2, 0) is 9.31 Å². The maximum absolute atomic E-state index is 10.2. The molecule has 0 saturated heterocycles. The van der Waals surface area contributed by atoms with Gasteiger partial charge in [-0.3, -0.25) is 0 Å². The Morgan fingerprint density at radius 1 is 0.514 bits per heavy atom. The Morgan fingerprint density at radius 3 is 1.05 bits per heavy atom. The van der Waals surface area contributed by atoms with Crippen LogP contribution >= 0.6 is 0 Å². The van der Waals surface area contributed by atoms with Gasteiger partial charge in [0.1, 0.15) is 0 Å². The minimum atomic E-state index is -1.19. The van der Waals surface area contributed by atoms with Crippen molar-refractivity contribution in [3.8, 4) is 0 Å². The SMILES string of the molecule is OB(OCCCC(c1ccccc1)c1ccccc1)OCCCC(c1ccccc1)c1ccccc1.[H-].[Na+]. The summed E-state index contributed by atoms with van der Waals surface area (Å²) in [7, 11) is -1.19. The molecule has 0 bridgehead atoms. The fraction of sp³-hybridized carbons (Fsp3) is 0.250. The molecule has 4 aromatic rings. The summed E-state index contributed by atoms with van der Waals surface area (Å²) in [5, 5.41) is 10.2. The molecule has 0 atom stereocenters. The predicted molar refractivity (Wildman–Crippen MR) is 149 cm³/mol. The number of rotatable bonds is 14. The molecular formula is C32H36BNaO3. The van der Waals surface area contributed by atoms with E-state index in [-0.39, 0.29) is 31.0 Å². The summed E-state index contributed by atoms with van der Waals surface area (Å²) in [6.07, 6.45) is 3.55. The molecule has 37 heavy (non-hydrogen) atoms. The molecule has 0 saturated carbocycles. The largest absolute Gasteiger partial charge is 1.00 e. The molecule has 0 aliphatic rings. The van der Waals surface area contributed by atoms with Gasteiger partial charge in [-0.1, -0.05) is 121 Å². The smallest absolute Gasteiger partial charge is 1.00 e. The van der Waals surface area contributed by atoms with Gasteiger partial charge >= 0.3 is 36.9 Å². The molecule has 3 nitrogen and oxygen atoms in total. The normalized spacial score (nSPS) is 10.9. The molecule has 0 aromatic heterocycles. The zero-order valence-electron chi connectivity index (χ0n) is 22.8. The van der Waals surface area contributed by atoms with E-state index >= 15 is 0 Å². The zero-order valence-corrected chi connectivity index (χ0v) is 23.8. The van der Waals surface area contributed by atoms with Gasteiger partial charge in [0.2, 0.25) is 0 Å². The molecule has 186 valence electrons. The van der Waals surface area contributed by atoms with Crippen LogP contribution in [0.2, 0.25) is 0 Å². The van der Waals surface area contributed by atoms with Crippen LogP contribution in [0.25, 0.3) is 0 Å². The topological polar surface area (TPSA) is 38.7 Å². The minimum Gasteiger partial charge on any atom is -1.00 e. The van der Waals surface area contributed by atoms with Crippen molar-refractivity contribution >= 4 is 7.32 Å². The second kappa shape index (κ2) is 16.6. The Labute approximate surface area is 245 Å². The van der Waals surface area contributed by atoms with E-state index in [1.165, 1.54) is 22.3 Å². The van der Waals surface area contributed by atoms with Crippen molar-refractivity contribution in [1.29, 1.82) is 0 Å². The van der Waals surface area contributed by atoms with E-state index < -0.39 is 7.32 Å². The standard InChI is InChI=1S/C32H35BO3.Na.H/c34-33(35-25-13-23-31(27-15-5-1-6-16-27)28-17-7-2-8-18-28)36-26-14-24-32(29-19-9-3-10-20-29)30-21-11-4-12-22-30;;/h1-12,15-22,31-32,34H,13-14,23-26H2;;/q;+1;-1. The first-order chi connectivity index (χ1) is 17.8. The Balaban J connectivity index is 0.00000253. The van der Waals surface area contributed by atoms with Crippen LogP contribution in [0, 0.1) is 0 Å². The van der Waals surface area contributed by atoms with Crippen molar-refractivity contribution in [2.75, 3.05) is 13.2 Å². The fourth-order valence-corrected chi connectivity index (χ4v) is 4.78. The molecule has 0 spiro atoms. The molecule has 0 aliphatic heterocycles. The summed E-state index contributed by atoms with van der Waals surface area (Å²) in [5.41, 5.74) is 5.19. The van der Waals surface area contributed by atoms with Crippen molar-refractivity contribution in [2.24, 2.45) is 0 Å². The fourth-order valence-electron chi connectivity index (χ4n) is 4.78. The molecule has 0 fully saturated rings. The van der Waals surface area contributed by atoms with Gasteiger partial charge in [-0.05, 0) is 47.9 Å². The van der Waals surface area contributed by atoms with Crippen LogP contribution in [-0.4, -0.2) is 25.6 Å². The molecular weight excluding hydrogens is 466 g/mol. The van der Waals surface area contributed by atoms with Crippen molar-refractivity contribution < 1.29 is 45.3 Å². The number of hydrogen-bond acceptors (Lipinski definition) is 3. The minimum absolute atomic E-state index is 0. The maximum Gasteiger partial charge on any atom is 1.00 e. The third-order valence-corrected chi connectivity index (χ3v) is 6.60. The van der Waals surface area contributed by atoms with E-state index in [1.807, 2.05) is 24.3 Å². The van der Waals surface area contributed by atoms with Crippen LogP contribution < -0.4 is 29.6 Å². The van der Waals surface area contributed by atoms with Gasteiger partial charge in [0, 0.05) is 25.0 Å². The van der Waals surface area contributed by atoms with Gasteiger partial charge in [-0.15, -0.1) is 0 Å². The molecule has 0 heterocycles. The summed E-state index contributed by atoms with van der Waals surface area (Å²) in [6.45, 7) is 0.905. The second-order valence-electron chi connectivity index (χ2n) is 9.08. The molecule has 0 radical (unpaired) electrons. The van der Waals surface area contributed by atoms with Gasteiger partial charge in [0.05, 0.1) is 0 Å². The molecule has 5 heteroatoms. The number of benzene rings is 4. The van der Waals surface area contributed by atoms with Gasteiger partial charge in [0.25, 0.3) is 0 Å². The van der Waals surface area contributed by atoms with E-state index in [4.69, 9.17) is 9.31 Å². The monoisotopic (exact) mass is 502 g/mol. The van der Waals surface area contributed by atoms with E-state index in [2.05, 4.69) is 97.1 Å². The van der Waals surface area contributed by atoms with Crippen LogP contribution in [0.1, 0.15) is 61.2 Å². The quantitative estimate of drug-likeness (QED) is 0.206. The van der Waals surface area contributed by atoms with E-state index in [9.17, 15) is 5.02 Å². The molecule has 1 N–H and O–H groups in total. The van der Waals surface area contributed by atoms with Crippen molar-refractivity contribution in [3.63, 3.8) is 0 Å². The van der Waals surface area contributed by atoms with Crippen molar-refractivity contribution in [1.82, 2.24) is 0 Å². The maximum atomic E-state index is 10.2. The van der Waals surface area contributed by atoms with E-state index in [0.29, 0.717) is 25.0 Å². The zero-order chi connectivity index (χ0) is 24.8. The Morgan fingerprint density at radius 2 is 0.784 bits per heavy atom. The molecule has 0 unspecified atom stereocenters. The second-order valence-corrected chi connectivity index (χ2v) is 9.08. The van der Waals surface area contributed by atoms with Gasteiger partial charge in [-0.25, -0.2) is 0 Å². The van der Waals surface area contributed by atoms with Crippen LogP contribution in [0.5, 0.6) is 0 Å². The summed E-state index contributed by atoms with van der Waals surface area (Å²) < 4.78 is 11.1. The Hall–Kier alpha value is -2.18. The summed E-state index contributed by atoms with van der Waals surface area (Å²) >= 11 is 0. The number of hydrogen-bond donors (Lipinski definition) is 1. The van der Waals surface area contributed by atoms with Gasteiger partial charge < -0.3 is 15.8 Å². The molecule has 4 aromatic carbocycles. The van der Waals surface area contributed by atoms with Gasteiger partial charge in [0.15, 0.2) is 0 Å². The van der Waals surface area contributed by atoms with Crippen LogP contribution in [0.4, 0.5) is 0 Å². The molecule has 0 amide bonds. The first-order valence-electron chi connectivity index (χ1n) is 12.9. The van der Waals surface area contributed by atoms with Crippen molar-refractivity contribution in [3.05, 3.63) is 144 Å². The van der Waals surface area contributed by atoms with Gasteiger partial charge in [-0.2, -0.15) is 0 Å². The average molecular weight is 502 g/mol. The third kappa shape index (κ3) is 9.57. The van der Waals surface area contributed by atoms with Crippen molar-refractivity contribution in [2.45, 2.75) is 37.5 Å². The predicted octanol–water partition coefficient (Wildman–Crippen LogP) is 4.34. The average Bonchev–Trinajstić information content (AvgIpc) is 2.95. The molecule has 4 rings (SSSR count). The first-order valence-corrected chi connectivity index (χ1v) is 12.9. The third-order valence-electron chi connectivity index (χ3n) is 6.60. The summed E-state index contributed by atoms with van der Waals surface area (Å²) in [6, 6.07) is 42.2. The summed E-state index contributed by atoms with van der Waals surface area (Å²) in [5.74, 6) is 0.615. The Kier molecular flexibility index (Phi) is 13.2.